The molecule has 0 radical (unpaired) electrons. The van der Waals surface area contributed by atoms with E-state index in [-0.39, 0.29) is 12.5 Å². The highest BCUT2D eigenvalue weighted by atomic mass is 16.2. The Kier molecular flexibility index (Phi) is 4.87. The van der Waals surface area contributed by atoms with Gasteiger partial charge in [-0.3, -0.25) is 9.78 Å². The first-order chi connectivity index (χ1) is 9.79. The Balaban J connectivity index is 2.03. The van der Waals surface area contributed by atoms with Crippen LogP contribution in [-0.2, 0) is 0 Å². The lowest BCUT2D eigenvalue weighted by Crippen LogP contribution is -2.11. The van der Waals surface area contributed by atoms with Gasteiger partial charge in [0.15, 0.2) is 0 Å². The fourth-order valence-electron chi connectivity index (χ4n) is 1.56. The zero-order valence-corrected chi connectivity index (χ0v) is 10.8. The highest BCUT2D eigenvalue weighted by Crippen LogP contribution is 2.08. The summed E-state index contributed by atoms with van der Waals surface area (Å²) < 4.78 is 0. The van der Waals surface area contributed by atoms with Gasteiger partial charge in [0.05, 0.1) is 6.61 Å². The molecule has 4 nitrogen and oxygen atoms in total. The van der Waals surface area contributed by atoms with E-state index in [0.717, 1.165) is 5.56 Å². The number of anilines is 1. The van der Waals surface area contributed by atoms with E-state index in [0.29, 0.717) is 17.7 Å². The third-order valence-electron chi connectivity index (χ3n) is 2.55. The maximum atomic E-state index is 12.0. The Morgan fingerprint density at radius 1 is 1.15 bits per heavy atom. The first-order valence-corrected chi connectivity index (χ1v) is 6.21. The van der Waals surface area contributed by atoms with Crippen LogP contribution in [0.2, 0.25) is 0 Å². The van der Waals surface area contributed by atoms with Crippen LogP contribution < -0.4 is 5.32 Å². The summed E-state index contributed by atoms with van der Waals surface area (Å²) in [6, 6.07) is 10.5. The molecule has 0 saturated carbocycles. The van der Waals surface area contributed by atoms with Gasteiger partial charge < -0.3 is 10.4 Å². The summed E-state index contributed by atoms with van der Waals surface area (Å²) in [5.74, 6) is 5.57. The van der Waals surface area contributed by atoms with Crippen molar-refractivity contribution >= 4 is 11.6 Å². The molecular weight excluding hydrogens is 252 g/mol. The molecule has 0 fully saturated rings. The molecule has 0 aliphatic carbocycles. The van der Waals surface area contributed by atoms with Gasteiger partial charge in [0.1, 0.15) is 0 Å². The molecule has 2 N–H and O–H groups in total. The number of pyridine rings is 1. The molecule has 100 valence electrons. The summed E-state index contributed by atoms with van der Waals surface area (Å²) in [5, 5.41) is 11.4. The van der Waals surface area contributed by atoms with Crippen LogP contribution in [0, 0.1) is 11.8 Å². The standard InChI is InChI=1S/C16H14N2O2/c19-12-2-1-3-13-4-6-14(7-5-13)16(20)18-15-8-10-17-11-9-15/h4-11,19H,2,12H2,(H,17,18,20). The number of aromatic nitrogens is 1. The molecule has 0 bridgehead atoms. The first-order valence-electron chi connectivity index (χ1n) is 6.21. The second-order valence-electron chi connectivity index (χ2n) is 4.04. The molecule has 1 heterocycles. The smallest absolute Gasteiger partial charge is 0.255 e. The third kappa shape index (κ3) is 3.94. The van der Waals surface area contributed by atoms with Crippen LogP contribution in [0.3, 0.4) is 0 Å². The van der Waals surface area contributed by atoms with E-state index in [9.17, 15) is 4.79 Å². The van der Waals surface area contributed by atoms with E-state index in [1.807, 2.05) is 0 Å². The summed E-state index contributed by atoms with van der Waals surface area (Å²) in [6.07, 6.45) is 3.69. The highest BCUT2D eigenvalue weighted by Gasteiger charge is 2.05. The minimum absolute atomic E-state index is 0.0550. The van der Waals surface area contributed by atoms with Crippen LogP contribution in [-0.4, -0.2) is 22.6 Å². The Morgan fingerprint density at radius 2 is 1.85 bits per heavy atom. The largest absolute Gasteiger partial charge is 0.395 e. The molecule has 0 saturated heterocycles. The van der Waals surface area contributed by atoms with E-state index < -0.39 is 0 Å². The van der Waals surface area contributed by atoms with Crippen molar-refractivity contribution < 1.29 is 9.90 Å². The van der Waals surface area contributed by atoms with Crippen LogP contribution >= 0.6 is 0 Å². The summed E-state index contributed by atoms with van der Waals surface area (Å²) in [6.45, 7) is 0.0550. The minimum atomic E-state index is -0.175. The van der Waals surface area contributed by atoms with Crippen molar-refractivity contribution in [1.82, 2.24) is 4.98 Å². The van der Waals surface area contributed by atoms with Crippen molar-refractivity contribution in [2.24, 2.45) is 0 Å². The van der Waals surface area contributed by atoms with Crippen molar-refractivity contribution in [1.29, 1.82) is 0 Å². The van der Waals surface area contributed by atoms with E-state index in [4.69, 9.17) is 5.11 Å². The number of hydrogen-bond donors (Lipinski definition) is 2. The molecule has 1 aromatic carbocycles. The number of nitrogens with zero attached hydrogens (tertiary/aromatic N) is 1. The second kappa shape index (κ2) is 7.07. The Morgan fingerprint density at radius 3 is 2.50 bits per heavy atom. The number of amides is 1. The van der Waals surface area contributed by atoms with Crippen LogP contribution in [0.25, 0.3) is 0 Å². The Labute approximate surface area is 117 Å². The number of benzene rings is 1. The molecule has 2 rings (SSSR count). The molecule has 2 aromatic rings. The summed E-state index contributed by atoms with van der Waals surface area (Å²) in [5.41, 5.74) is 2.09. The van der Waals surface area contributed by atoms with Crippen LogP contribution in [0.4, 0.5) is 5.69 Å². The maximum absolute atomic E-state index is 12.0. The molecule has 0 unspecified atom stereocenters. The Hall–Kier alpha value is -2.64. The van der Waals surface area contributed by atoms with Gasteiger partial charge in [-0.1, -0.05) is 11.8 Å². The monoisotopic (exact) mass is 266 g/mol. The number of nitrogens with one attached hydrogen (secondary N) is 1. The highest BCUT2D eigenvalue weighted by molar-refractivity contribution is 6.04. The number of rotatable bonds is 3. The van der Waals surface area contributed by atoms with E-state index >= 15 is 0 Å². The number of carbonyl (C=O) groups is 1. The minimum Gasteiger partial charge on any atom is -0.395 e. The van der Waals surface area contributed by atoms with Crippen LogP contribution in [0.1, 0.15) is 22.3 Å². The summed E-state index contributed by atoms with van der Waals surface area (Å²) in [7, 11) is 0. The number of aliphatic hydroxyl groups excluding tert-OH is 1. The van der Waals surface area contributed by atoms with Gasteiger partial charge in [0.2, 0.25) is 0 Å². The lowest BCUT2D eigenvalue weighted by atomic mass is 10.1. The summed E-state index contributed by atoms with van der Waals surface area (Å²) in [4.78, 5) is 15.9. The zero-order chi connectivity index (χ0) is 14.2. The average Bonchev–Trinajstić information content (AvgIpc) is 2.49. The van der Waals surface area contributed by atoms with Gasteiger partial charge in [-0.25, -0.2) is 0 Å². The molecule has 0 aliphatic rings. The molecule has 1 aromatic heterocycles. The normalized spacial score (nSPS) is 9.45. The number of aliphatic hydroxyl groups is 1. The number of carbonyl (C=O) groups excluding carboxylic acids is 1. The topological polar surface area (TPSA) is 62.2 Å². The lowest BCUT2D eigenvalue weighted by molar-refractivity contribution is 0.102. The lowest BCUT2D eigenvalue weighted by Gasteiger charge is -2.04. The predicted octanol–water partition coefficient (Wildman–Crippen LogP) is 2.07. The molecule has 20 heavy (non-hydrogen) atoms. The van der Waals surface area contributed by atoms with Crippen molar-refractivity contribution in [2.45, 2.75) is 6.42 Å². The van der Waals surface area contributed by atoms with Gasteiger partial charge in [0.25, 0.3) is 5.91 Å². The van der Waals surface area contributed by atoms with Crippen molar-refractivity contribution in [3.63, 3.8) is 0 Å². The van der Waals surface area contributed by atoms with Gasteiger partial charge in [-0.2, -0.15) is 0 Å². The van der Waals surface area contributed by atoms with Crippen LogP contribution in [0.15, 0.2) is 48.8 Å². The van der Waals surface area contributed by atoms with Gasteiger partial charge >= 0.3 is 0 Å². The molecular formula is C16H14N2O2. The molecule has 0 spiro atoms. The maximum Gasteiger partial charge on any atom is 0.255 e. The first kappa shape index (κ1) is 13.8. The molecule has 4 heteroatoms. The van der Waals surface area contributed by atoms with Crippen molar-refractivity contribution in [3.8, 4) is 11.8 Å². The average molecular weight is 266 g/mol. The Bertz CT molecular complexity index is 625. The number of hydrogen-bond acceptors (Lipinski definition) is 3. The van der Waals surface area contributed by atoms with Gasteiger partial charge in [-0.15, -0.1) is 0 Å². The third-order valence-corrected chi connectivity index (χ3v) is 2.55. The van der Waals surface area contributed by atoms with Crippen molar-refractivity contribution in [2.75, 3.05) is 11.9 Å². The van der Waals surface area contributed by atoms with Crippen molar-refractivity contribution in [3.05, 3.63) is 59.9 Å². The van der Waals surface area contributed by atoms with E-state index in [1.54, 1.807) is 48.8 Å². The molecule has 0 aliphatic heterocycles. The molecule has 1 amide bonds. The zero-order valence-electron chi connectivity index (χ0n) is 10.8. The second-order valence-corrected chi connectivity index (χ2v) is 4.04. The van der Waals surface area contributed by atoms with Crippen LogP contribution in [0.5, 0.6) is 0 Å². The molecule has 0 atom stereocenters. The summed E-state index contributed by atoms with van der Waals surface area (Å²) >= 11 is 0. The van der Waals surface area contributed by atoms with E-state index in [2.05, 4.69) is 22.1 Å². The SMILES string of the molecule is O=C(Nc1ccncc1)c1ccc(C#CCCO)cc1. The quantitative estimate of drug-likeness (QED) is 0.836. The van der Waals surface area contributed by atoms with Gasteiger partial charge in [-0.05, 0) is 36.4 Å². The predicted molar refractivity (Wildman–Crippen MR) is 77.2 cm³/mol. The van der Waals surface area contributed by atoms with Gasteiger partial charge in [0, 0.05) is 35.6 Å². The fraction of sp³-hybridized carbons (Fsp3) is 0.125. The fourth-order valence-corrected chi connectivity index (χ4v) is 1.56. The van der Waals surface area contributed by atoms with E-state index in [1.165, 1.54) is 0 Å².